The van der Waals surface area contributed by atoms with Gasteiger partial charge in [0.2, 0.25) is 0 Å². The predicted octanol–water partition coefficient (Wildman–Crippen LogP) is 4.31. The van der Waals surface area contributed by atoms with Crippen molar-refractivity contribution in [1.82, 2.24) is 29.8 Å². The maximum Gasteiger partial charge on any atom is 0.387 e. The molecule has 3 aliphatic rings. The fourth-order valence-electron chi connectivity index (χ4n) is 5.57. The van der Waals surface area contributed by atoms with E-state index in [4.69, 9.17) is 14.8 Å². The molecule has 7 rings (SSSR count). The van der Waals surface area contributed by atoms with E-state index in [1.165, 1.54) is 18.9 Å². The van der Waals surface area contributed by atoms with Crippen molar-refractivity contribution in [2.45, 2.75) is 50.4 Å². The molecule has 1 amide bonds. The number of imidazole rings is 1. The van der Waals surface area contributed by atoms with E-state index < -0.39 is 6.61 Å². The Labute approximate surface area is 211 Å². The zero-order chi connectivity index (χ0) is 25.3. The van der Waals surface area contributed by atoms with Gasteiger partial charge in [0, 0.05) is 48.4 Å². The fourth-order valence-corrected chi connectivity index (χ4v) is 5.57. The number of amides is 1. The number of halogens is 2. The topological polar surface area (TPSA) is 84.7 Å². The number of aromatic nitrogens is 4. The van der Waals surface area contributed by atoms with Crippen LogP contribution < -0.4 is 10.1 Å². The molecular formula is C27H24F2N6O2. The van der Waals surface area contributed by atoms with E-state index in [-0.39, 0.29) is 23.6 Å². The Morgan fingerprint density at radius 3 is 2.78 bits per heavy atom. The Kier molecular flexibility index (Phi) is 5.00. The quantitative estimate of drug-likeness (QED) is 0.423. The molecule has 1 fully saturated rings. The van der Waals surface area contributed by atoms with Gasteiger partial charge in [0.05, 0.1) is 28.8 Å². The van der Waals surface area contributed by atoms with Gasteiger partial charge in [0.1, 0.15) is 5.75 Å². The highest BCUT2D eigenvalue weighted by Crippen LogP contribution is 2.52. The number of fused-ring (bicyclic) bond motifs is 9. The molecule has 0 spiro atoms. The number of nitrogens with zero attached hydrogens (tertiary/aromatic N) is 5. The van der Waals surface area contributed by atoms with Crippen LogP contribution in [0.5, 0.6) is 5.75 Å². The van der Waals surface area contributed by atoms with Crippen molar-refractivity contribution in [1.29, 1.82) is 0 Å². The first-order valence-corrected chi connectivity index (χ1v) is 12.4. The van der Waals surface area contributed by atoms with Crippen molar-refractivity contribution in [3.63, 3.8) is 0 Å². The zero-order valence-electron chi connectivity index (χ0n) is 20.1. The molecule has 2 aliphatic carbocycles. The van der Waals surface area contributed by atoms with Gasteiger partial charge >= 0.3 is 6.61 Å². The molecule has 1 aliphatic heterocycles. The molecule has 2 bridgehead atoms. The van der Waals surface area contributed by atoms with Crippen LogP contribution in [0.2, 0.25) is 0 Å². The average Bonchev–Trinajstić information content (AvgIpc) is 3.58. The van der Waals surface area contributed by atoms with Crippen LogP contribution in [0.25, 0.3) is 16.9 Å². The molecule has 4 aromatic rings. The third-order valence-corrected chi connectivity index (χ3v) is 7.56. The van der Waals surface area contributed by atoms with Crippen LogP contribution in [0, 0.1) is 0 Å². The van der Waals surface area contributed by atoms with Crippen molar-refractivity contribution in [2.75, 3.05) is 7.05 Å². The van der Waals surface area contributed by atoms with E-state index >= 15 is 0 Å². The lowest BCUT2D eigenvalue weighted by molar-refractivity contribution is -0.0506. The van der Waals surface area contributed by atoms with Crippen molar-refractivity contribution >= 4 is 11.6 Å². The Morgan fingerprint density at radius 2 is 2.03 bits per heavy atom. The highest BCUT2D eigenvalue weighted by atomic mass is 19.3. The lowest BCUT2D eigenvalue weighted by atomic mass is 9.91. The Bertz CT molecular complexity index is 1530. The highest BCUT2D eigenvalue weighted by Gasteiger charge is 2.46. The minimum atomic E-state index is -3.00. The number of pyridine rings is 1. The van der Waals surface area contributed by atoms with Gasteiger partial charge in [-0.3, -0.25) is 9.78 Å². The summed E-state index contributed by atoms with van der Waals surface area (Å²) in [6, 6.07) is 12.8. The van der Waals surface area contributed by atoms with E-state index in [0.717, 1.165) is 34.9 Å². The van der Waals surface area contributed by atoms with Crippen LogP contribution in [-0.2, 0) is 6.54 Å². The van der Waals surface area contributed by atoms with Crippen LogP contribution in [0.4, 0.5) is 8.78 Å². The first-order chi connectivity index (χ1) is 18.0. The molecule has 4 heterocycles. The summed E-state index contributed by atoms with van der Waals surface area (Å²) < 4.78 is 33.3. The van der Waals surface area contributed by atoms with Gasteiger partial charge in [-0.1, -0.05) is 6.07 Å². The standard InChI is InChI=1S/C27H24F2N6O2/c1-34-20-11-18(23-17(26(34)36)3-2-4-21(23)37-27(28)29)25-24(20)32-22-10-9-19(33-35(22)25)14-5-6-16(30-12-14)13-31-15-7-8-15/h2-6,9-10,12,15,18,20,27,31H,7-8,11,13H2,1H3. The summed E-state index contributed by atoms with van der Waals surface area (Å²) in [7, 11) is 1.73. The van der Waals surface area contributed by atoms with E-state index in [1.807, 2.05) is 30.5 Å². The zero-order valence-corrected chi connectivity index (χ0v) is 20.1. The normalized spacial score (nSPS) is 20.3. The monoisotopic (exact) mass is 502 g/mol. The Hall–Kier alpha value is -3.92. The summed E-state index contributed by atoms with van der Waals surface area (Å²) in [4.78, 5) is 24.3. The van der Waals surface area contributed by atoms with Crippen LogP contribution >= 0.6 is 0 Å². The van der Waals surface area contributed by atoms with Crippen LogP contribution in [0.3, 0.4) is 0 Å². The second-order valence-corrected chi connectivity index (χ2v) is 9.88. The first kappa shape index (κ1) is 22.3. The van der Waals surface area contributed by atoms with Gasteiger partial charge in [-0.05, 0) is 55.7 Å². The van der Waals surface area contributed by atoms with E-state index in [2.05, 4.69) is 10.3 Å². The van der Waals surface area contributed by atoms with Crippen LogP contribution in [-0.4, -0.2) is 50.1 Å². The third kappa shape index (κ3) is 3.66. The number of nitrogens with one attached hydrogen (secondary N) is 1. The molecular weight excluding hydrogens is 478 g/mol. The molecule has 37 heavy (non-hydrogen) atoms. The number of hydrogen-bond acceptors (Lipinski definition) is 6. The van der Waals surface area contributed by atoms with Gasteiger partial charge in [-0.2, -0.15) is 13.9 Å². The molecule has 0 radical (unpaired) electrons. The lowest BCUT2D eigenvalue weighted by Crippen LogP contribution is -2.30. The summed E-state index contributed by atoms with van der Waals surface area (Å²) in [5.74, 6) is -0.593. The van der Waals surface area contributed by atoms with E-state index in [9.17, 15) is 13.6 Å². The second kappa shape index (κ2) is 8.31. The number of rotatable bonds is 6. The fraction of sp³-hybridized carbons (Fsp3) is 0.333. The van der Waals surface area contributed by atoms with Crippen molar-refractivity contribution in [2.24, 2.45) is 0 Å². The van der Waals surface area contributed by atoms with Gasteiger partial charge in [-0.15, -0.1) is 0 Å². The van der Waals surface area contributed by atoms with E-state index in [1.54, 1.807) is 28.6 Å². The molecule has 2 unspecified atom stereocenters. The highest BCUT2D eigenvalue weighted by molar-refractivity contribution is 5.98. The third-order valence-electron chi connectivity index (χ3n) is 7.56. The summed E-state index contributed by atoms with van der Waals surface area (Å²) >= 11 is 0. The maximum absolute atomic E-state index is 13.3. The van der Waals surface area contributed by atoms with Crippen molar-refractivity contribution in [3.8, 4) is 17.0 Å². The van der Waals surface area contributed by atoms with E-state index in [0.29, 0.717) is 29.2 Å². The van der Waals surface area contributed by atoms with Gasteiger partial charge in [0.15, 0.2) is 5.65 Å². The largest absolute Gasteiger partial charge is 0.434 e. The molecule has 1 aromatic carbocycles. The molecule has 1 saturated carbocycles. The SMILES string of the molecule is CN1C(=O)c2cccc(OC(F)F)c2C2CC1c1nc3ccc(-c4ccc(CNC5CC5)nc4)nn3c12. The van der Waals surface area contributed by atoms with Gasteiger partial charge < -0.3 is 15.0 Å². The Morgan fingerprint density at radius 1 is 1.16 bits per heavy atom. The minimum Gasteiger partial charge on any atom is -0.434 e. The smallest absolute Gasteiger partial charge is 0.387 e. The number of carbonyl (C=O) groups is 1. The Balaban J connectivity index is 1.32. The van der Waals surface area contributed by atoms with Gasteiger partial charge in [0.25, 0.3) is 5.91 Å². The molecule has 8 nitrogen and oxygen atoms in total. The molecule has 2 atom stereocenters. The summed E-state index contributed by atoms with van der Waals surface area (Å²) in [5, 5.41) is 8.36. The molecule has 10 heteroatoms. The second-order valence-electron chi connectivity index (χ2n) is 9.88. The van der Waals surface area contributed by atoms with Crippen LogP contribution in [0.15, 0.2) is 48.7 Å². The van der Waals surface area contributed by atoms with Gasteiger partial charge in [-0.25, -0.2) is 9.50 Å². The summed E-state index contributed by atoms with van der Waals surface area (Å²) in [6.07, 6.45) is 4.79. The van der Waals surface area contributed by atoms with Crippen molar-refractivity contribution < 1.29 is 18.3 Å². The molecule has 188 valence electrons. The number of carbonyl (C=O) groups excluding carboxylic acids is 1. The predicted molar refractivity (Wildman–Crippen MR) is 130 cm³/mol. The molecule has 0 saturated heterocycles. The minimum absolute atomic E-state index is 0.0125. The average molecular weight is 503 g/mol. The molecule has 3 aromatic heterocycles. The van der Waals surface area contributed by atoms with Crippen molar-refractivity contribution in [3.05, 3.63) is 76.9 Å². The first-order valence-electron chi connectivity index (χ1n) is 12.4. The summed E-state index contributed by atoms with van der Waals surface area (Å²) in [6.45, 7) is -2.26. The number of alkyl halides is 2. The van der Waals surface area contributed by atoms with Crippen LogP contribution in [0.1, 0.15) is 64.2 Å². The lowest BCUT2D eigenvalue weighted by Gasteiger charge is -2.23. The number of benzene rings is 1. The maximum atomic E-state index is 13.3. The number of hydrogen-bond donors (Lipinski definition) is 1. The number of ether oxygens (including phenoxy) is 1. The summed E-state index contributed by atoms with van der Waals surface area (Å²) in [5.41, 5.74) is 5.57. The molecule has 1 N–H and O–H groups in total.